The highest BCUT2D eigenvalue weighted by Crippen LogP contribution is 2.26. The van der Waals surface area contributed by atoms with Crippen LogP contribution in [0.2, 0.25) is 5.02 Å². The molecule has 0 atom stereocenters. The Balaban J connectivity index is 1.76. The molecule has 0 fully saturated rings. The average molecular weight is 522 g/mol. The Kier molecular flexibility index (Phi) is 8.34. The molecule has 12 heteroatoms. The van der Waals surface area contributed by atoms with Crippen molar-refractivity contribution >= 4 is 33.3 Å². The molecule has 2 aromatic heterocycles. The lowest BCUT2D eigenvalue weighted by molar-refractivity contribution is 0.0975. The number of ether oxygens (including phenoxy) is 1. The van der Waals surface area contributed by atoms with E-state index in [1.165, 1.54) is 19.9 Å². The first-order chi connectivity index (χ1) is 16.5. The summed E-state index contributed by atoms with van der Waals surface area (Å²) in [6, 6.07) is 8.48. The molecule has 0 saturated carbocycles. The zero-order valence-electron chi connectivity index (χ0n) is 20.2. The molecule has 2 heterocycles. The van der Waals surface area contributed by atoms with Crippen LogP contribution >= 0.6 is 11.6 Å². The topological polar surface area (TPSA) is 128 Å². The number of carbonyl (C=O) groups excluding carboxylic acids is 1. The van der Waals surface area contributed by atoms with Crippen molar-refractivity contribution in [2.45, 2.75) is 46.1 Å². The van der Waals surface area contributed by atoms with E-state index in [0.717, 1.165) is 11.3 Å². The van der Waals surface area contributed by atoms with Crippen LogP contribution in [-0.2, 0) is 16.6 Å². The van der Waals surface area contributed by atoms with Crippen molar-refractivity contribution in [3.63, 3.8) is 0 Å². The van der Waals surface area contributed by atoms with Crippen molar-refractivity contribution in [1.29, 1.82) is 0 Å². The highest BCUT2D eigenvalue weighted by Gasteiger charge is 2.27. The molecule has 10 nitrogen and oxygen atoms in total. The van der Waals surface area contributed by atoms with Crippen LogP contribution in [0, 0.1) is 19.8 Å². The van der Waals surface area contributed by atoms with Crippen molar-refractivity contribution in [3.05, 3.63) is 58.1 Å². The third-order valence-corrected chi connectivity index (χ3v) is 6.82. The number of nitrogens with one attached hydrogen (secondary N) is 1. The van der Waals surface area contributed by atoms with Gasteiger partial charge in [0.2, 0.25) is 0 Å². The monoisotopic (exact) mass is 521 g/mol. The lowest BCUT2D eigenvalue weighted by Crippen LogP contribution is -2.32. The molecule has 188 valence electrons. The van der Waals surface area contributed by atoms with Gasteiger partial charge < -0.3 is 14.2 Å². The number of nitrogens with zero attached hydrogens (tertiary/aromatic N) is 4. The second kappa shape index (κ2) is 11.0. The predicted octanol–water partition coefficient (Wildman–Crippen LogP) is 3.91. The first-order valence-corrected chi connectivity index (χ1v) is 12.9. The van der Waals surface area contributed by atoms with Gasteiger partial charge in [-0.2, -0.15) is 0 Å². The molecule has 0 aliphatic rings. The Bertz CT molecular complexity index is 1270. The number of aryl methyl sites for hydroxylation is 2. The summed E-state index contributed by atoms with van der Waals surface area (Å²) in [5.74, 6) is 0.779. The highest BCUT2D eigenvalue weighted by molar-refractivity contribution is 7.90. The smallest absolute Gasteiger partial charge is 0.285 e. The Morgan fingerprint density at radius 3 is 2.51 bits per heavy atom. The number of amides is 1. The molecule has 35 heavy (non-hydrogen) atoms. The molecule has 0 unspecified atom stereocenters. The summed E-state index contributed by atoms with van der Waals surface area (Å²) < 4.78 is 38.0. The molecular weight excluding hydrogens is 494 g/mol. The normalized spacial score (nSPS) is 11.5. The molecule has 0 radical (unpaired) electrons. The molecule has 0 saturated heterocycles. The molecule has 0 aliphatic carbocycles. The number of rotatable bonds is 10. The van der Waals surface area contributed by atoms with Gasteiger partial charge in [0.1, 0.15) is 11.4 Å². The van der Waals surface area contributed by atoms with E-state index in [9.17, 15) is 13.2 Å². The van der Waals surface area contributed by atoms with Crippen LogP contribution in [0.15, 0.2) is 39.8 Å². The molecular formula is C23H28ClN5O5S. The van der Waals surface area contributed by atoms with E-state index < -0.39 is 15.9 Å². The summed E-state index contributed by atoms with van der Waals surface area (Å²) in [5.41, 5.74) is 0.888. The minimum Gasteiger partial charge on any atom is -0.493 e. The molecule has 3 aromatic rings. The Hall–Kier alpha value is -3.18. The summed E-state index contributed by atoms with van der Waals surface area (Å²) in [6.07, 6.45) is 0. The minimum absolute atomic E-state index is 0.0839. The fourth-order valence-electron chi connectivity index (χ4n) is 3.33. The van der Waals surface area contributed by atoms with Crippen LogP contribution in [-0.4, -0.2) is 42.8 Å². The van der Waals surface area contributed by atoms with Crippen molar-refractivity contribution in [2.24, 2.45) is 5.92 Å². The lowest BCUT2D eigenvalue weighted by Gasteiger charge is -2.23. The molecule has 1 N–H and O–H groups in total. The highest BCUT2D eigenvalue weighted by atomic mass is 35.5. The maximum absolute atomic E-state index is 12.6. The van der Waals surface area contributed by atoms with Crippen LogP contribution in [0.25, 0.3) is 0 Å². The van der Waals surface area contributed by atoms with Gasteiger partial charge in [-0.05, 0) is 57.0 Å². The van der Waals surface area contributed by atoms with Crippen LogP contribution in [0.1, 0.15) is 48.3 Å². The summed E-state index contributed by atoms with van der Waals surface area (Å²) in [4.78, 5) is 14.3. The maximum Gasteiger partial charge on any atom is 0.285 e. The third-order valence-electron chi connectivity index (χ3n) is 5.01. The molecule has 3 rings (SSSR count). The second-order valence-corrected chi connectivity index (χ2v) is 10.4. The Labute approximate surface area is 209 Å². The quantitative estimate of drug-likeness (QED) is 0.422. The molecule has 1 amide bonds. The predicted molar refractivity (Wildman–Crippen MR) is 131 cm³/mol. The maximum atomic E-state index is 12.6. The van der Waals surface area contributed by atoms with Crippen molar-refractivity contribution in [2.75, 3.05) is 18.1 Å². The zero-order valence-corrected chi connectivity index (χ0v) is 21.8. The SMILES string of the molecule is CCN(Cc1cc(Cl)ccc1OCC(C)C)c1ccc(C(=O)NS(=O)(=O)c2c(C)noc2C)nn1. The van der Waals surface area contributed by atoms with E-state index in [1.54, 1.807) is 12.1 Å². The summed E-state index contributed by atoms with van der Waals surface area (Å²) in [5, 5.41) is 12.3. The van der Waals surface area contributed by atoms with Gasteiger partial charge in [0.15, 0.2) is 22.2 Å². The second-order valence-electron chi connectivity index (χ2n) is 8.34. The van der Waals surface area contributed by atoms with Gasteiger partial charge in [0.25, 0.3) is 15.9 Å². The Morgan fingerprint density at radius 2 is 1.94 bits per heavy atom. The number of hydrogen-bond donors (Lipinski definition) is 1. The Morgan fingerprint density at radius 1 is 1.20 bits per heavy atom. The van der Waals surface area contributed by atoms with E-state index in [-0.39, 0.29) is 22.0 Å². The first-order valence-electron chi connectivity index (χ1n) is 11.0. The standard InChI is InChI=1S/C23H28ClN5O5S/c1-6-29(12-17-11-18(24)7-9-20(17)33-13-14(2)3)21-10-8-19(25-26-21)23(30)28-35(31,32)22-15(4)27-34-16(22)5/h7-11,14H,6,12-13H2,1-5H3,(H,28,30). The number of anilines is 1. The third kappa shape index (κ3) is 6.49. The summed E-state index contributed by atoms with van der Waals surface area (Å²) >= 11 is 6.21. The van der Waals surface area contributed by atoms with E-state index in [4.69, 9.17) is 20.9 Å². The van der Waals surface area contributed by atoms with Gasteiger partial charge in [-0.3, -0.25) is 4.79 Å². The largest absolute Gasteiger partial charge is 0.493 e. The van der Waals surface area contributed by atoms with E-state index >= 15 is 0 Å². The minimum atomic E-state index is -4.18. The molecule has 0 aliphatic heterocycles. The average Bonchev–Trinajstić information content (AvgIpc) is 3.15. The van der Waals surface area contributed by atoms with Gasteiger partial charge in [0, 0.05) is 23.7 Å². The number of hydrogen-bond acceptors (Lipinski definition) is 9. The summed E-state index contributed by atoms with van der Waals surface area (Å²) in [7, 11) is -4.18. The van der Waals surface area contributed by atoms with Crippen LogP contribution < -0.4 is 14.4 Å². The number of aromatic nitrogens is 3. The van der Waals surface area contributed by atoms with E-state index in [2.05, 4.69) is 29.2 Å². The van der Waals surface area contributed by atoms with Gasteiger partial charge in [-0.15, -0.1) is 10.2 Å². The zero-order chi connectivity index (χ0) is 25.8. The van der Waals surface area contributed by atoms with Crippen molar-refractivity contribution < 1.29 is 22.5 Å². The summed E-state index contributed by atoms with van der Waals surface area (Å²) in [6.45, 7) is 10.6. The fourth-order valence-corrected chi connectivity index (χ4v) is 4.82. The molecule has 1 aromatic carbocycles. The number of halogens is 1. The van der Waals surface area contributed by atoms with E-state index in [0.29, 0.717) is 36.5 Å². The van der Waals surface area contributed by atoms with Crippen LogP contribution in [0.4, 0.5) is 5.82 Å². The van der Waals surface area contributed by atoms with Crippen molar-refractivity contribution in [1.82, 2.24) is 20.1 Å². The van der Waals surface area contributed by atoms with Crippen LogP contribution in [0.5, 0.6) is 5.75 Å². The van der Waals surface area contributed by atoms with Crippen molar-refractivity contribution in [3.8, 4) is 5.75 Å². The van der Waals surface area contributed by atoms with Gasteiger partial charge >= 0.3 is 0 Å². The molecule has 0 spiro atoms. The van der Waals surface area contributed by atoms with Gasteiger partial charge in [-0.1, -0.05) is 30.6 Å². The first kappa shape index (κ1) is 26.4. The number of carbonyl (C=O) groups is 1. The lowest BCUT2D eigenvalue weighted by atomic mass is 10.1. The van der Waals surface area contributed by atoms with E-state index in [1.807, 2.05) is 28.7 Å². The molecule has 0 bridgehead atoms. The number of sulfonamides is 1. The fraction of sp³-hybridized carbons (Fsp3) is 0.391. The van der Waals surface area contributed by atoms with Gasteiger partial charge in [0.05, 0.1) is 6.61 Å². The number of benzene rings is 1. The van der Waals surface area contributed by atoms with Crippen LogP contribution in [0.3, 0.4) is 0 Å². The van der Waals surface area contributed by atoms with Gasteiger partial charge in [-0.25, -0.2) is 13.1 Å².